The van der Waals surface area contributed by atoms with Gasteiger partial charge in [-0.05, 0) is 39.3 Å². The van der Waals surface area contributed by atoms with Crippen LogP contribution in [0, 0.1) is 0 Å². The van der Waals surface area contributed by atoms with Crippen LogP contribution >= 0.6 is 0 Å². The minimum absolute atomic E-state index is 0.140. The van der Waals surface area contributed by atoms with Crippen molar-refractivity contribution >= 4 is 23.6 Å². The summed E-state index contributed by atoms with van der Waals surface area (Å²) in [6, 6.07) is 5.60. The Morgan fingerprint density at radius 3 is 1.96 bits per heavy atom. The number of carbonyl (C=O) groups is 4. The predicted octanol–water partition coefficient (Wildman–Crippen LogP) is 1.60. The van der Waals surface area contributed by atoms with Gasteiger partial charge in [-0.2, -0.15) is 0 Å². The molecule has 0 bridgehead atoms. The van der Waals surface area contributed by atoms with Crippen molar-refractivity contribution in [3.05, 3.63) is 35.4 Å². The van der Waals surface area contributed by atoms with Gasteiger partial charge >= 0.3 is 0 Å². The quantitative estimate of drug-likeness (QED) is 0.738. The second-order valence-electron chi connectivity index (χ2n) is 6.82. The number of nitrogens with zero attached hydrogens (tertiary/aromatic N) is 2. The first-order valence-corrected chi connectivity index (χ1v) is 7.57. The van der Waals surface area contributed by atoms with Gasteiger partial charge in [0.05, 0.1) is 11.1 Å². The molecule has 0 spiro atoms. The fourth-order valence-corrected chi connectivity index (χ4v) is 3.20. The van der Waals surface area contributed by atoms with Crippen LogP contribution in [0.4, 0.5) is 0 Å². The highest BCUT2D eigenvalue weighted by Gasteiger charge is 2.48. The number of hydrogen-bond acceptors (Lipinski definition) is 4. The van der Waals surface area contributed by atoms with Crippen molar-refractivity contribution in [1.82, 2.24) is 9.80 Å². The Labute approximate surface area is 134 Å². The Morgan fingerprint density at radius 2 is 1.48 bits per heavy atom. The van der Waals surface area contributed by atoms with E-state index in [-0.39, 0.29) is 18.7 Å². The van der Waals surface area contributed by atoms with Crippen molar-refractivity contribution < 1.29 is 19.2 Å². The average Bonchev–Trinajstić information content (AvgIpc) is 2.71. The van der Waals surface area contributed by atoms with Gasteiger partial charge in [0, 0.05) is 12.0 Å². The van der Waals surface area contributed by atoms with Crippen LogP contribution in [0.1, 0.15) is 54.3 Å². The summed E-state index contributed by atoms with van der Waals surface area (Å²) >= 11 is 0. The summed E-state index contributed by atoms with van der Waals surface area (Å²) in [6.45, 7) is 5.27. The molecule has 1 saturated heterocycles. The summed E-state index contributed by atoms with van der Waals surface area (Å²) in [6.07, 6.45) is 0.316. The van der Waals surface area contributed by atoms with E-state index < -0.39 is 29.3 Å². The summed E-state index contributed by atoms with van der Waals surface area (Å²) in [4.78, 5) is 52.1. The molecular weight excluding hydrogens is 296 g/mol. The Hall–Kier alpha value is -2.50. The Bertz CT molecular complexity index is 697. The van der Waals surface area contributed by atoms with Gasteiger partial charge in [-0.25, -0.2) is 0 Å². The van der Waals surface area contributed by atoms with Crippen molar-refractivity contribution in [2.75, 3.05) is 0 Å². The third kappa shape index (κ3) is 2.25. The molecule has 0 saturated carbocycles. The Kier molecular flexibility index (Phi) is 3.35. The van der Waals surface area contributed by atoms with Crippen LogP contribution in [0.15, 0.2) is 24.3 Å². The standard InChI is InChI=1S/C17H18N2O4/c1-17(2,3)19-13(20)9-8-12(16(19)23)18-14(21)10-6-4-5-7-11(10)15(18)22/h4-7,12H,8-9H2,1-3H3. The van der Waals surface area contributed by atoms with Gasteiger partial charge in [-0.1, -0.05) is 12.1 Å². The molecule has 1 unspecified atom stereocenters. The summed E-state index contributed by atoms with van der Waals surface area (Å²) in [7, 11) is 0. The molecule has 0 N–H and O–H groups in total. The maximum absolute atomic E-state index is 12.8. The summed E-state index contributed by atoms with van der Waals surface area (Å²) in [5.74, 6) is -1.68. The second kappa shape index (κ2) is 5.01. The zero-order valence-electron chi connectivity index (χ0n) is 13.3. The van der Waals surface area contributed by atoms with Crippen LogP contribution in [0.3, 0.4) is 0 Å². The average molecular weight is 314 g/mol. The minimum Gasteiger partial charge on any atom is -0.275 e. The second-order valence-corrected chi connectivity index (χ2v) is 6.82. The van der Waals surface area contributed by atoms with Gasteiger partial charge in [0.25, 0.3) is 17.7 Å². The number of amides is 4. The lowest BCUT2D eigenvalue weighted by molar-refractivity contribution is -0.157. The lowest BCUT2D eigenvalue weighted by atomic mass is 9.96. The smallest absolute Gasteiger partial charge is 0.262 e. The zero-order valence-corrected chi connectivity index (χ0v) is 13.3. The minimum atomic E-state index is -0.917. The summed E-state index contributed by atoms with van der Waals surface area (Å²) < 4.78 is 0. The fourth-order valence-electron chi connectivity index (χ4n) is 3.20. The first-order valence-electron chi connectivity index (χ1n) is 7.57. The molecule has 0 radical (unpaired) electrons. The monoisotopic (exact) mass is 314 g/mol. The van der Waals surface area contributed by atoms with Crippen LogP contribution in [0.25, 0.3) is 0 Å². The highest BCUT2D eigenvalue weighted by atomic mass is 16.2. The molecule has 3 rings (SSSR count). The predicted molar refractivity (Wildman–Crippen MR) is 81.6 cm³/mol. The van der Waals surface area contributed by atoms with Crippen molar-refractivity contribution in [2.45, 2.75) is 45.2 Å². The molecule has 0 aromatic heterocycles. The van der Waals surface area contributed by atoms with E-state index in [0.29, 0.717) is 11.1 Å². The summed E-state index contributed by atoms with van der Waals surface area (Å²) in [5.41, 5.74) is -0.0695. The highest BCUT2D eigenvalue weighted by molar-refractivity contribution is 6.23. The number of fused-ring (bicyclic) bond motifs is 1. The van der Waals surface area contributed by atoms with E-state index in [1.54, 1.807) is 45.0 Å². The molecule has 0 aliphatic carbocycles. The van der Waals surface area contributed by atoms with E-state index in [9.17, 15) is 19.2 Å². The Balaban J connectivity index is 1.97. The third-order valence-corrected chi connectivity index (χ3v) is 4.19. The van der Waals surface area contributed by atoms with Gasteiger partial charge in [0.15, 0.2) is 0 Å². The van der Waals surface area contributed by atoms with Crippen molar-refractivity contribution in [3.63, 3.8) is 0 Å². The number of carbonyl (C=O) groups excluding carboxylic acids is 4. The molecule has 23 heavy (non-hydrogen) atoms. The molecule has 1 fully saturated rings. The molecule has 4 amide bonds. The van der Waals surface area contributed by atoms with Gasteiger partial charge in [0.1, 0.15) is 6.04 Å². The van der Waals surface area contributed by atoms with E-state index >= 15 is 0 Å². The molecule has 1 atom stereocenters. The molecule has 6 heteroatoms. The molecule has 2 heterocycles. The SMILES string of the molecule is CC(C)(C)N1C(=O)CCC(N2C(=O)c3ccccc3C2=O)C1=O. The van der Waals surface area contributed by atoms with Crippen LogP contribution in [0.2, 0.25) is 0 Å². The van der Waals surface area contributed by atoms with Gasteiger partial charge in [-0.3, -0.25) is 29.0 Å². The van der Waals surface area contributed by atoms with E-state index in [4.69, 9.17) is 0 Å². The van der Waals surface area contributed by atoms with Crippen LogP contribution in [-0.4, -0.2) is 45.0 Å². The van der Waals surface area contributed by atoms with E-state index in [1.165, 1.54) is 4.90 Å². The number of likely N-dealkylation sites (tertiary alicyclic amines) is 1. The number of hydrogen-bond donors (Lipinski definition) is 0. The number of rotatable bonds is 1. The zero-order chi connectivity index (χ0) is 16.9. The van der Waals surface area contributed by atoms with Gasteiger partial charge in [-0.15, -0.1) is 0 Å². The van der Waals surface area contributed by atoms with Crippen molar-refractivity contribution in [3.8, 4) is 0 Å². The third-order valence-electron chi connectivity index (χ3n) is 4.19. The largest absolute Gasteiger partial charge is 0.275 e. The Morgan fingerprint density at radius 1 is 0.957 bits per heavy atom. The molecular formula is C17H18N2O4. The van der Waals surface area contributed by atoms with Crippen molar-refractivity contribution in [1.29, 1.82) is 0 Å². The van der Waals surface area contributed by atoms with Crippen LogP contribution < -0.4 is 0 Å². The number of imide groups is 2. The lowest BCUT2D eigenvalue weighted by Crippen LogP contribution is -2.61. The fraction of sp³-hybridized carbons (Fsp3) is 0.412. The molecule has 120 valence electrons. The number of benzene rings is 1. The number of piperidine rings is 1. The molecule has 2 aliphatic heterocycles. The molecule has 1 aromatic carbocycles. The van der Waals surface area contributed by atoms with Gasteiger partial charge < -0.3 is 0 Å². The summed E-state index contributed by atoms with van der Waals surface area (Å²) in [5, 5.41) is 0. The van der Waals surface area contributed by atoms with Crippen LogP contribution in [-0.2, 0) is 9.59 Å². The van der Waals surface area contributed by atoms with E-state index in [2.05, 4.69) is 0 Å². The molecule has 6 nitrogen and oxygen atoms in total. The molecule has 1 aromatic rings. The molecule has 2 aliphatic rings. The lowest BCUT2D eigenvalue weighted by Gasteiger charge is -2.41. The maximum atomic E-state index is 12.8. The van der Waals surface area contributed by atoms with Gasteiger partial charge in [0.2, 0.25) is 5.91 Å². The normalized spacial score (nSPS) is 22.0. The highest BCUT2D eigenvalue weighted by Crippen LogP contribution is 2.31. The first kappa shape index (κ1) is 15.4. The van der Waals surface area contributed by atoms with Crippen molar-refractivity contribution in [2.24, 2.45) is 0 Å². The van der Waals surface area contributed by atoms with E-state index in [0.717, 1.165) is 4.90 Å². The topological polar surface area (TPSA) is 74.8 Å². The maximum Gasteiger partial charge on any atom is 0.262 e. The van der Waals surface area contributed by atoms with Crippen LogP contribution in [0.5, 0.6) is 0 Å². The first-order chi connectivity index (χ1) is 10.7. The van der Waals surface area contributed by atoms with E-state index in [1.807, 2.05) is 0 Å².